The molecule has 1 aliphatic carbocycles. The molecule has 0 spiro atoms. The van der Waals surface area contributed by atoms with E-state index in [0.29, 0.717) is 4.31 Å². The number of hydrogen-bond acceptors (Lipinski definition) is 8. The van der Waals surface area contributed by atoms with Gasteiger partial charge in [0, 0.05) is 18.9 Å². The fourth-order valence-corrected chi connectivity index (χ4v) is 5.11. The second kappa shape index (κ2) is 10.0. The maximum atomic E-state index is 13.5. The first kappa shape index (κ1) is 25.8. The van der Waals surface area contributed by atoms with E-state index in [1.54, 1.807) is 0 Å². The van der Waals surface area contributed by atoms with Crippen molar-refractivity contribution in [1.82, 2.24) is 24.5 Å². The molecule has 1 atom stereocenters. The summed E-state index contributed by atoms with van der Waals surface area (Å²) >= 11 is 0. The molecule has 0 aliphatic heterocycles. The molecule has 9 nitrogen and oxygen atoms in total. The van der Waals surface area contributed by atoms with Crippen molar-refractivity contribution >= 4 is 16.0 Å². The zero-order valence-electron chi connectivity index (χ0n) is 18.2. The number of nitrogens with zero attached hydrogens (tertiary/aromatic N) is 5. The average molecular weight is 536 g/mol. The molecular formula is C20H18F6N6O3S. The highest BCUT2D eigenvalue weighted by molar-refractivity contribution is 7.90. The maximum Gasteiger partial charge on any atom is 0.402 e. The van der Waals surface area contributed by atoms with Crippen LogP contribution in [0.2, 0.25) is 0 Å². The first-order valence-corrected chi connectivity index (χ1v) is 11.9. The van der Waals surface area contributed by atoms with Gasteiger partial charge in [0.25, 0.3) is 11.8 Å². The summed E-state index contributed by atoms with van der Waals surface area (Å²) in [5.41, 5.74) is 0.369. The third kappa shape index (κ3) is 6.29. The summed E-state index contributed by atoms with van der Waals surface area (Å²) in [5.74, 6) is -1.90. The summed E-state index contributed by atoms with van der Waals surface area (Å²) < 4.78 is 109. The van der Waals surface area contributed by atoms with E-state index in [-0.39, 0.29) is 35.8 Å². The van der Waals surface area contributed by atoms with E-state index in [4.69, 9.17) is 4.42 Å². The lowest BCUT2D eigenvalue weighted by molar-refractivity contribution is -0.136. The second-order valence-corrected chi connectivity index (χ2v) is 10.2. The summed E-state index contributed by atoms with van der Waals surface area (Å²) in [5, 5.41) is 8.52. The number of sulfonamides is 1. The highest BCUT2D eigenvalue weighted by Crippen LogP contribution is 2.34. The summed E-state index contributed by atoms with van der Waals surface area (Å²) in [6.07, 6.45) is -4.95. The maximum absolute atomic E-state index is 13.5. The van der Waals surface area contributed by atoms with Gasteiger partial charge >= 0.3 is 12.6 Å². The number of benzene rings is 1. The van der Waals surface area contributed by atoms with Crippen LogP contribution in [0.15, 0.2) is 41.1 Å². The minimum Gasteiger partial charge on any atom is -0.415 e. The van der Waals surface area contributed by atoms with Crippen LogP contribution in [0.3, 0.4) is 0 Å². The molecule has 1 aromatic carbocycles. The van der Waals surface area contributed by atoms with Gasteiger partial charge in [-0.1, -0.05) is 12.1 Å². The molecular weight excluding hydrogens is 518 g/mol. The Kier molecular flexibility index (Phi) is 7.17. The van der Waals surface area contributed by atoms with Crippen LogP contribution < -0.4 is 5.32 Å². The third-order valence-electron chi connectivity index (χ3n) is 5.15. The smallest absolute Gasteiger partial charge is 0.402 e. The van der Waals surface area contributed by atoms with Gasteiger partial charge in [0.1, 0.15) is 12.4 Å². The van der Waals surface area contributed by atoms with Crippen LogP contribution in [0.1, 0.15) is 36.8 Å². The first-order chi connectivity index (χ1) is 16.9. The van der Waals surface area contributed by atoms with E-state index in [1.165, 1.54) is 12.1 Å². The Morgan fingerprint density at radius 3 is 2.25 bits per heavy atom. The van der Waals surface area contributed by atoms with Crippen molar-refractivity contribution < 1.29 is 39.2 Å². The lowest BCUT2D eigenvalue weighted by Crippen LogP contribution is -2.44. The summed E-state index contributed by atoms with van der Waals surface area (Å²) in [6, 6.07) is 3.64. The summed E-state index contributed by atoms with van der Waals surface area (Å²) in [4.78, 5) is 7.96. The van der Waals surface area contributed by atoms with E-state index in [2.05, 4.69) is 25.5 Å². The quantitative estimate of drug-likeness (QED) is 0.385. The van der Waals surface area contributed by atoms with Crippen LogP contribution >= 0.6 is 0 Å². The Balaban J connectivity index is 1.60. The van der Waals surface area contributed by atoms with E-state index >= 15 is 0 Å². The zero-order valence-corrected chi connectivity index (χ0v) is 19.0. The third-order valence-corrected chi connectivity index (χ3v) is 7.46. The zero-order chi connectivity index (χ0) is 26.1. The van der Waals surface area contributed by atoms with Crippen molar-refractivity contribution in [1.29, 1.82) is 0 Å². The minimum atomic E-state index is -4.80. The lowest BCUT2D eigenvalue weighted by Gasteiger charge is -2.28. The van der Waals surface area contributed by atoms with Gasteiger partial charge in [0.2, 0.25) is 16.0 Å². The predicted octanol–water partition coefficient (Wildman–Crippen LogP) is 4.11. The van der Waals surface area contributed by atoms with Gasteiger partial charge in [0.05, 0.1) is 16.9 Å². The number of anilines is 1. The SMILES string of the molecule is O=S(=O)(C1CC1)N(C[C@@H](Nc1ncc(-c2nnc(C(F)F)o2)cn1)c1ccc(F)cc1)CC(F)(F)F. The van der Waals surface area contributed by atoms with E-state index < -0.39 is 58.7 Å². The van der Waals surface area contributed by atoms with Crippen LogP contribution in [0.4, 0.5) is 32.3 Å². The highest BCUT2D eigenvalue weighted by Gasteiger charge is 2.45. The van der Waals surface area contributed by atoms with Gasteiger partial charge in [-0.2, -0.15) is 26.3 Å². The van der Waals surface area contributed by atoms with Gasteiger partial charge in [-0.25, -0.2) is 22.8 Å². The Labute approximate surface area is 200 Å². The second-order valence-electron chi connectivity index (χ2n) is 7.94. The molecule has 2 aromatic heterocycles. The first-order valence-electron chi connectivity index (χ1n) is 10.4. The molecule has 0 bridgehead atoms. The Morgan fingerprint density at radius 1 is 1.08 bits per heavy atom. The van der Waals surface area contributed by atoms with Crippen LogP contribution in [0.5, 0.6) is 0 Å². The van der Waals surface area contributed by atoms with Crippen molar-refractivity contribution in [3.63, 3.8) is 0 Å². The summed E-state index contributed by atoms with van der Waals surface area (Å²) in [7, 11) is -4.24. The highest BCUT2D eigenvalue weighted by atomic mass is 32.2. The molecule has 2 heterocycles. The van der Waals surface area contributed by atoms with Crippen molar-refractivity contribution in [2.45, 2.75) is 36.7 Å². The lowest BCUT2D eigenvalue weighted by atomic mass is 10.1. The minimum absolute atomic E-state index is 0.0910. The predicted molar refractivity (Wildman–Crippen MR) is 113 cm³/mol. The number of rotatable bonds is 10. The molecule has 1 saturated carbocycles. The van der Waals surface area contributed by atoms with Crippen molar-refractivity contribution in [2.24, 2.45) is 0 Å². The number of aromatic nitrogens is 4. The van der Waals surface area contributed by atoms with Gasteiger partial charge in [-0.3, -0.25) is 0 Å². The van der Waals surface area contributed by atoms with Gasteiger partial charge in [-0.05, 0) is 30.5 Å². The van der Waals surface area contributed by atoms with Crippen molar-refractivity contribution in [3.05, 3.63) is 53.9 Å². The molecule has 16 heteroatoms. The number of halogens is 6. The van der Waals surface area contributed by atoms with Crippen molar-refractivity contribution in [2.75, 3.05) is 18.4 Å². The van der Waals surface area contributed by atoms with Crippen LogP contribution in [-0.2, 0) is 10.0 Å². The van der Waals surface area contributed by atoms with Gasteiger partial charge < -0.3 is 9.73 Å². The number of alkyl halides is 5. The fourth-order valence-electron chi connectivity index (χ4n) is 3.28. The monoisotopic (exact) mass is 536 g/mol. The normalized spacial score (nSPS) is 15.4. The van der Waals surface area contributed by atoms with E-state index in [0.717, 1.165) is 24.5 Å². The fraction of sp³-hybridized carbons (Fsp3) is 0.400. The van der Waals surface area contributed by atoms with E-state index in [9.17, 15) is 34.8 Å². The Morgan fingerprint density at radius 2 is 1.72 bits per heavy atom. The molecule has 1 N–H and O–H groups in total. The molecule has 1 aliphatic rings. The Hall–Kier alpha value is -3.27. The van der Waals surface area contributed by atoms with Crippen LogP contribution in [-0.4, -0.2) is 57.4 Å². The molecule has 36 heavy (non-hydrogen) atoms. The standard InChI is InChI=1S/C20H18F6N6O3S/c21-13-3-1-11(2-4-13)15(9-32(10-20(24,25)26)36(33,34)14-5-6-14)29-19-27-7-12(8-28-19)17-30-31-18(35-17)16(22)23/h1-4,7-8,14-16H,5-6,9-10H2,(H,27,28,29)/t15-/m1/s1. The van der Waals surface area contributed by atoms with Crippen LogP contribution in [0, 0.1) is 5.82 Å². The van der Waals surface area contributed by atoms with Gasteiger partial charge in [-0.15, -0.1) is 10.2 Å². The largest absolute Gasteiger partial charge is 0.415 e. The number of hydrogen-bond donors (Lipinski definition) is 1. The Bertz CT molecular complexity index is 1280. The van der Waals surface area contributed by atoms with E-state index in [1.807, 2.05) is 0 Å². The molecule has 4 rings (SSSR count). The molecule has 0 saturated heterocycles. The van der Waals surface area contributed by atoms with Gasteiger partial charge in [0.15, 0.2) is 0 Å². The molecule has 3 aromatic rings. The molecule has 1 fully saturated rings. The average Bonchev–Trinajstić information content (AvgIpc) is 3.56. The summed E-state index contributed by atoms with van der Waals surface area (Å²) in [6.45, 7) is -2.34. The molecule has 0 amide bonds. The van der Waals surface area contributed by atoms with Crippen molar-refractivity contribution in [3.8, 4) is 11.5 Å². The molecule has 194 valence electrons. The molecule has 0 unspecified atom stereocenters. The number of nitrogens with one attached hydrogen (secondary N) is 1. The topological polar surface area (TPSA) is 114 Å². The molecule has 0 radical (unpaired) electrons. The van der Waals surface area contributed by atoms with Crippen LogP contribution in [0.25, 0.3) is 11.5 Å².